The molecule has 0 spiro atoms. The summed E-state index contributed by atoms with van der Waals surface area (Å²) in [4.78, 5) is 13.4. The van der Waals surface area contributed by atoms with E-state index in [4.69, 9.17) is 32.6 Å². The van der Waals surface area contributed by atoms with Crippen molar-refractivity contribution >= 4 is 16.2 Å². The van der Waals surface area contributed by atoms with Crippen molar-refractivity contribution < 1.29 is 45.8 Å². The highest BCUT2D eigenvalue weighted by atomic mass is 32.2. The number of ether oxygens (including phenoxy) is 6. The fraction of sp³-hybridized carbons (Fsp3) is 0.720. The summed E-state index contributed by atoms with van der Waals surface area (Å²) < 4.78 is 61.3. The maximum Gasteiger partial charge on any atom is 0.410 e. The number of hydrogen-bond donors (Lipinski definition) is 0. The molecule has 0 saturated heterocycles. The summed E-state index contributed by atoms with van der Waals surface area (Å²) in [5, 5.41) is 0. The molecule has 12 heteroatoms. The van der Waals surface area contributed by atoms with Gasteiger partial charge in [0, 0.05) is 13.6 Å². The van der Waals surface area contributed by atoms with Gasteiger partial charge in [0.2, 0.25) is 0 Å². The van der Waals surface area contributed by atoms with Crippen LogP contribution in [0.2, 0.25) is 0 Å². The third-order valence-corrected chi connectivity index (χ3v) is 5.87. The zero-order valence-corrected chi connectivity index (χ0v) is 23.5. The van der Waals surface area contributed by atoms with Crippen LogP contribution in [-0.2, 0) is 42.7 Å². The van der Waals surface area contributed by atoms with Crippen LogP contribution in [0.15, 0.2) is 29.2 Å². The molecule has 11 nitrogen and oxygen atoms in total. The summed E-state index contributed by atoms with van der Waals surface area (Å²) in [7, 11) is -2.10. The van der Waals surface area contributed by atoms with Crippen LogP contribution in [0.5, 0.6) is 0 Å². The van der Waals surface area contributed by atoms with E-state index < -0.39 is 15.7 Å². The summed E-state index contributed by atoms with van der Waals surface area (Å²) in [6.07, 6.45) is -0.377. The van der Waals surface area contributed by atoms with Crippen molar-refractivity contribution in [3.05, 3.63) is 29.8 Å². The van der Waals surface area contributed by atoms with Crippen molar-refractivity contribution in [1.29, 1.82) is 0 Å². The first kappa shape index (κ1) is 33.2. The number of rotatable bonds is 20. The summed E-state index contributed by atoms with van der Waals surface area (Å²) in [5.74, 6) is 0. The Morgan fingerprint density at radius 3 is 1.57 bits per heavy atom. The van der Waals surface area contributed by atoms with Gasteiger partial charge in [-0.1, -0.05) is 17.7 Å². The molecule has 0 aliphatic carbocycles. The monoisotopic (exact) mass is 549 g/mol. The van der Waals surface area contributed by atoms with Crippen LogP contribution in [0, 0.1) is 6.92 Å². The van der Waals surface area contributed by atoms with Gasteiger partial charge in [-0.2, -0.15) is 8.42 Å². The van der Waals surface area contributed by atoms with E-state index >= 15 is 0 Å². The number of likely N-dealkylation sites (N-methyl/N-ethyl adjacent to an activating group) is 1. The second-order valence-corrected chi connectivity index (χ2v) is 10.7. The highest BCUT2D eigenvalue weighted by molar-refractivity contribution is 7.86. The van der Waals surface area contributed by atoms with Crippen molar-refractivity contribution in [3.63, 3.8) is 0 Å². The van der Waals surface area contributed by atoms with Gasteiger partial charge in [0.15, 0.2) is 0 Å². The van der Waals surface area contributed by atoms with Crippen LogP contribution in [0.3, 0.4) is 0 Å². The molecular formula is C25H43NO10S. The zero-order valence-electron chi connectivity index (χ0n) is 22.7. The predicted octanol–water partition coefficient (Wildman–Crippen LogP) is 2.65. The molecule has 37 heavy (non-hydrogen) atoms. The SMILES string of the molecule is Cc1ccc(S(=O)(=O)OCCOCCOCCOCCOCCOCCN(C)C(=O)OC(C)(C)C)cc1. The minimum atomic E-state index is -3.77. The van der Waals surface area contributed by atoms with Crippen LogP contribution in [-0.4, -0.2) is 111 Å². The number of amides is 1. The van der Waals surface area contributed by atoms with E-state index in [-0.39, 0.29) is 24.2 Å². The lowest BCUT2D eigenvalue weighted by atomic mass is 10.2. The van der Waals surface area contributed by atoms with Gasteiger partial charge in [-0.05, 0) is 39.8 Å². The van der Waals surface area contributed by atoms with Crippen molar-refractivity contribution in [1.82, 2.24) is 4.90 Å². The first-order valence-electron chi connectivity index (χ1n) is 12.3. The maximum atomic E-state index is 12.0. The van der Waals surface area contributed by atoms with Gasteiger partial charge >= 0.3 is 6.09 Å². The average Bonchev–Trinajstić information content (AvgIpc) is 2.82. The number of hydrogen-bond acceptors (Lipinski definition) is 10. The zero-order chi connectivity index (χ0) is 27.6. The standard InChI is InChI=1S/C25H43NO10S/c1-22-6-8-23(9-7-22)37(28,29)35-21-20-34-19-18-33-17-16-32-15-14-31-13-12-30-11-10-26(5)24(27)36-25(2,3)4/h6-9H,10-21H2,1-5H3. The second kappa shape index (κ2) is 18.5. The summed E-state index contributed by atoms with van der Waals surface area (Å²) in [6.45, 7) is 11.5. The van der Waals surface area contributed by atoms with E-state index in [1.807, 2.05) is 27.7 Å². The average molecular weight is 550 g/mol. The molecule has 0 aliphatic rings. The van der Waals surface area contributed by atoms with Gasteiger partial charge in [-0.15, -0.1) is 0 Å². The highest BCUT2D eigenvalue weighted by Gasteiger charge is 2.19. The third-order valence-electron chi connectivity index (χ3n) is 4.54. The molecular weight excluding hydrogens is 506 g/mol. The number of aryl methyl sites for hydroxylation is 1. The van der Waals surface area contributed by atoms with Crippen LogP contribution in [0.1, 0.15) is 26.3 Å². The number of benzene rings is 1. The van der Waals surface area contributed by atoms with E-state index in [1.165, 1.54) is 17.0 Å². The van der Waals surface area contributed by atoms with Gasteiger partial charge in [0.25, 0.3) is 10.1 Å². The molecule has 0 saturated carbocycles. The molecule has 1 aromatic carbocycles. The quantitative estimate of drug-likeness (QED) is 0.177. The Bertz CT molecular complexity index is 840. The minimum absolute atomic E-state index is 0.0620. The summed E-state index contributed by atoms with van der Waals surface area (Å²) >= 11 is 0. The molecule has 214 valence electrons. The van der Waals surface area contributed by atoms with E-state index in [9.17, 15) is 13.2 Å². The first-order chi connectivity index (χ1) is 17.5. The van der Waals surface area contributed by atoms with E-state index in [0.29, 0.717) is 66.0 Å². The fourth-order valence-corrected chi connectivity index (χ4v) is 3.48. The van der Waals surface area contributed by atoms with Gasteiger partial charge in [0.1, 0.15) is 5.60 Å². The molecule has 0 aliphatic heterocycles. The third kappa shape index (κ3) is 17.4. The lowest BCUT2D eigenvalue weighted by Crippen LogP contribution is -2.36. The molecule has 1 aromatic rings. The number of carbonyl (C=O) groups is 1. The molecule has 0 heterocycles. The normalized spacial score (nSPS) is 12.0. The van der Waals surface area contributed by atoms with Crippen molar-refractivity contribution in [3.8, 4) is 0 Å². The Morgan fingerprint density at radius 2 is 1.14 bits per heavy atom. The van der Waals surface area contributed by atoms with Gasteiger partial charge in [-0.3, -0.25) is 4.18 Å². The number of carbonyl (C=O) groups excluding carboxylic acids is 1. The highest BCUT2D eigenvalue weighted by Crippen LogP contribution is 2.13. The maximum absolute atomic E-state index is 12.0. The molecule has 0 aromatic heterocycles. The molecule has 0 bridgehead atoms. The lowest BCUT2D eigenvalue weighted by molar-refractivity contribution is -0.0143. The Balaban J connectivity index is 1.84. The number of nitrogens with zero attached hydrogens (tertiary/aromatic N) is 1. The Morgan fingerprint density at radius 1 is 0.730 bits per heavy atom. The van der Waals surface area contributed by atoms with Gasteiger partial charge in [0.05, 0.1) is 77.6 Å². The summed E-state index contributed by atoms with van der Waals surface area (Å²) in [5.41, 5.74) is 0.455. The first-order valence-corrected chi connectivity index (χ1v) is 13.7. The van der Waals surface area contributed by atoms with Crippen LogP contribution < -0.4 is 0 Å². The molecule has 0 atom stereocenters. The lowest BCUT2D eigenvalue weighted by Gasteiger charge is -2.24. The van der Waals surface area contributed by atoms with Crippen molar-refractivity contribution in [2.45, 2.75) is 38.2 Å². The predicted molar refractivity (Wildman–Crippen MR) is 137 cm³/mol. The molecule has 0 N–H and O–H groups in total. The Hall–Kier alpha value is -1.80. The fourth-order valence-electron chi connectivity index (χ4n) is 2.59. The Kier molecular flexibility index (Phi) is 16.6. The largest absolute Gasteiger partial charge is 0.444 e. The molecule has 1 amide bonds. The summed E-state index contributed by atoms with van der Waals surface area (Å²) in [6, 6.07) is 6.46. The van der Waals surface area contributed by atoms with Crippen LogP contribution in [0.25, 0.3) is 0 Å². The van der Waals surface area contributed by atoms with E-state index in [2.05, 4.69) is 0 Å². The smallest absolute Gasteiger partial charge is 0.410 e. The topological polar surface area (TPSA) is 119 Å². The van der Waals surface area contributed by atoms with Gasteiger partial charge < -0.3 is 33.3 Å². The van der Waals surface area contributed by atoms with E-state index in [1.54, 1.807) is 19.2 Å². The van der Waals surface area contributed by atoms with Crippen molar-refractivity contribution in [2.24, 2.45) is 0 Å². The van der Waals surface area contributed by atoms with Crippen molar-refractivity contribution in [2.75, 3.05) is 86.3 Å². The second-order valence-electron chi connectivity index (χ2n) is 9.05. The molecule has 0 radical (unpaired) electrons. The molecule has 0 fully saturated rings. The molecule has 1 rings (SSSR count). The van der Waals surface area contributed by atoms with Crippen LogP contribution in [0.4, 0.5) is 4.79 Å². The molecule has 0 unspecified atom stereocenters. The Labute approximate surface area is 221 Å². The minimum Gasteiger partial charge on any atom is -0.444 e. The van der Waals surface area contributed by atoms with Crippen LogP contribution >= 0.6 is 0 Å². The van der Waals surface area contributed by atoms with E-state index in [0.717, 1.165) is 5.56 Å². The van der Waals surface area contributed by atoms with Gasteiger partial charge in [-0.25, -0.2) is 4.79 Å².